The summed E-state index contributed by atoms with van der Waals surface area (Å²) < 4.78 is 0. The van der Waals surface area contributed by atoms with Crippen molar-refractivity contribution in [3.63, 3.8) is 0 Å². The maximum Gasteiger partial charge on any atom is 0.217 e. The van der Waals surface area contributed by atoms with E-state index in [0.29, 0.717) is 0 Å². The van der Waals surface area contributed by atoms with Gasteiger partial charge in [0.25, 0.3) is 0 Å². The van der Waals surface area contributed by atoms with Crippen LogP contribution in [-0.4, -0.2) is 24.5 Å². The molecule has 1 atom stereocenters. The average molecular weight is 294 g/mol. The van der Waals surface area contributed by atoms with Gasteiger partial charge in [0.05, 0.1) is 0 Å². The van der Waals surface area contributed by atoms with Crippen LogP contribution in [0, 0.1) is 17.8 Å². The molecule has 1 aliphatic heterocycles. The molecule has 1 saturated heterocycles. The molecule has 0 bridgehead atoms. The Morgan fingerprint density at radius 3 is 2.24 bits per heavy atom. The number of carbonyl (C=O) groups is 1. The number of carbonyl (C=O) groups excluding carboxylic acids is 1. The van der Waals surface area contributed by atoms with E-state index in [0.717, 1.165) is 24.2 Å². The Morgan fingerprint density at radius 2 is 1.67 bits per heavy atom. The van der Waals surface area contributed by atoms with Gasteiger partial charge in [0.2, 0.25) is 5.91 Å². The third kappa shape index (κ3) is 5.28. The molecule has 21 heavy (non-hydrogen) atoms. The summed E-state index contributed by atoms with van der Waals surface area (Å²) in [6, 6.07) is 0. The van der Waals surface area contributed by atoms with Crippen LogP contribution in [0.2, 0.25) is 0 Å². The monoisotopic (exact) mass is 294 g/mol. The van der Waals surface area contributed by atoms with Crippen molar-refractivity contribution >= 4 is 5.91 Å². The van der Waals surface area contributed by atoms with E-state index in [2.05, 4.69) is 24.5 Å². The van der Waals surface area contributed by atoms with Crippen LogP contribution in [0.25, 0.3) is 0 Å². The summed E-state index contributed by atoms with van der Waals surface area (Å²) in [5, 5.41) is 6.67. The molecule has 1 amide bonds. The minimum atomic E-state index is -0.0706. The van der Waals surface area contributed by atoms with E-state index >= 15 is 0 Å². The summed E-state index contributed by atoms with van der Waals surface area (Å²) in [4.78, 5) is 11.5. The lowest BCUT2D eigenvalue weighted by Crippen LogP contribution is -2.47. The van der Waals surface area contributed by atoms with Crippen LogP contribution in [0.1, 0.15) is 72.1 Å². The molecule has 3 heteroatoms. The summed E-state index contributed by atoms with van der Waals surface area (Å²) in [5.41, 5.74) is -0.0706. The molecule has 122 valence electrons. The fraction of sp³-hybridized carbons (Fsp3) is 0.944. The molecule has 0 spiro atoms. The summed E-state index contributed by atoms with van der Waals surface area (Å²) in [7, 11) is 0. The molecule has 2 N–H and O–H groups in total. The van der Waals surface area contributed by atoms with Crippen molar-refractivity contribution in [2.24, 2.45) is 17.8 Å². The van der Waals surface area contributed by atoms with Gasteiger partial charge in [-0.05, 0) is 64.0 Å². The van der Waals surface area contributed by atoms with Crippen LogP contribution in [0.3, 0.4) is 0 Å². The normalized spacial score (nSPS) is 23.8. The predicted octanol–water partition coefficient (Wildman–Crippen LogP) is 3.49. The molecule has 3 nitrogen and oxygen atoms in total. The molecule has 0 radical (unpaired) electrons. The molecule has 2 fully saturated rings. The highest BCUT2D eigenvalue weighted by atomic mass is 16.1. The Morgan fingerprint density at radius 1 is 1.10 bits per heavy atom. The second-order valence-corrected chi connectivity index (χ2v) is 7.92. The van der Waals surface area contributed by atoms with Crippen LogP contribution in [0.5, 0.6) is 0 Å². The molecule has 0 aromatic heterocycles. The largest absolute Gasteiger partial charge is 0.351 e. The minimum absolute atomic E-state index is 0.0706. The van der Waals surface area contributed by atoms with E-state index in [-0.39, 0.29) is 11.4 Å². The maximum atomic E-state index is 11.5. The Balaban J connectivity index is 2.04. The number of piperidine rings is 1. The van der Waals surface area contributed by atoms with Crippen molar-refractivity contribution in [3.05, 3.63) is 0 Å². The summed E-state index contributed by atoms with van der Waals surface area (Å²) >= 11 is 0. The first-order valence-electron chi connectivity index (χ1n) is 8.97. The molecule has 1 saturated carbocycles. The van der Waals surface area contributed by atoms with Gasteiger partial charge in [-0.2, -0.15) is 0 Å². The molecule has 1 aliphatic carbocycles. The van der Waals surface area contributed by atoms with E-state index in [1.165, 1.54) is 58.0 Å². The van der Waals surface area contributed by atoms with Crippen LogP contribution in [0.4, 0.5) is 0 Å². The maximum absolute atomic E-state index is 11.5. The van der Waals surface area contributed by atoms with Crippen molar-refractivity contribution in [2.45, 2.75) is 77.7 Å². The van der Waals surface area contributed by atoms with Crippen molar-refractivity contribution in [2.75, 3.05) is 13.1 Å². The van der Waals surface area contributed by atoms with Gasteiger partial charge >= 0.3 is 0 Å². The van der Waals surface area contributed by atoms with Crippen LogP contribution >= 0.6 is 0 Å². The average Bonchev–Trinajstić information content (AvgIpc) is 2.45. The molecular formula is C18H34N2O. The Bertz CT molecular complexity index is 310. The predicted molar refractivity (Wildman–Crippen MR) is 88.2 cm³/mol. The van der Waals surface area contributed by atoms with E-state index in [4.69, 9.17) is 0 Å². The van der Waals surface area contributed by atoms with E-state index < -0.39 is 0 Å². The van der Waals surface area contributed by atoms with Gasteiger partial charge in [0.15, 0.2) is 0 Å². The number of rotatable bonds is 5. The molecule has 0 unspecified atom stereocenters. The standard InChI is InChI=1S/C18H34N2O/c1-14(21)20-18(2,3)13-17(15-7-5-4-6-8-15)16-9-11-19-12-10-16/h15-17,19H,4-13H2,1-3H3,(H,20,21)/t17-/m1/s1. The highest BCUT2D eigenvalue weighted by Gasteiger charge is 2.35. The third-order valence-corrected chi connectivity index (χ3v) is 5.51. The van der Waals surface area contributed by atoms with Gasteiger partial charge in [-0.15, -0.1) is 0 Å². The van der Waals surface area contributed by atoms with Crippen molar-refractivity contribution in [1.82, 2.24) is 10.6 Å². The number of nitrogens with one attached hydrogen (secondary N) is 2. The number of hydrogen-bond acceptors (Lipinski definition) is 2. The van der Waals surface area contributed by atoms with Crippen molar-refractivity contribution in [1.29, 1.82) is 0 Å². The van der Waals surface area contributed by atoms with Crippen molar-refractivity contribution in [3.8, 4) is 0 Å². The lowest BCUT2D eigenvalue weighted by Gasteiger charge is -2.42. The first kappa shape index (κ1) is 16.8. The van der Waals surface area contributed by atoms with E-state index in [1.54, 1.807) is 6.92 Å². The van der Waals surface area contributed by atoms with Gasteiger partial charge < -0.3 is 10.6 Å². The van der Waals surface area contributed by atoms with Gasteiger partial charge in [-0.25, -0.2) is 0 Å². The molecule has 2 rings (SSSR count). The fourth-order valence-electron chi connectivity index (χ4n) is 4.67. The van der Waals surface area contributed by atoms with Gasteiger partial charge in [-0.1, -0.05) is 32.1 Å². The lowest BCUT2D eigenvalue weighted by molar-refractivity contribution is -0.120. The SMILES string of the molecule is CC(=O)NC(C)(C)C[C@H](C1CCCCC1)C1CCNCC1. The highest BCUT2D eigenvalue weighted by molar-refractivity contribution is 5.73. The first-order valence-corrected chi connectivity index (χ1v) is 8.97. The highest BCUT2D eigenvalue weighted by Crippen LogP contribution is 2.41. The third-order valence-electron chi connectivity index (χ3n) is 5.51. The smallest absolute Gasteiger partial charge is 0.217 e. The molecule has 2 aliphatic rings. The van der Waals surface area contributed by atoms with E-state index in [1.807, 2.05) is 0 Å². The number of hydrogen-bond donors (Lipinski definition) is 2. The zero-order chi connectivity index (χ0) is 15.3. The summed E-state index contributed by atoms with van der Waals surface area (Å²) in [6.07, 6.45) is 10.8. The van der Waals surface area contributed by atoms with Gasteiger partial charge in [0.1, 0.15) is 0 Å². The van der Waals surface area contributed by atoms with Gasteiger partial charge in [0, 0.05) is 12.5 Å². The number of amides is 1. The lowest BCUT2D eigenvalue weighted by atomic mass is 9.67. The van der Waals surface area contributed by atoms with Crippen LogP contribution < -0.4 is 10.6 Å². The Hall–Kier alpha value is -0.570. The molecule has 0 aromatic carbocycles. The minimum Gasteiger partial charge on any atom is -0.351 e. The Kier molecular flexibility index (Phi) is 6.09. The Labute approximate surface area is 130 Å². The molecular weight excluding hydrogens is 260 g/mol. The van der Waals surface area contributed by atoms with E-state index in [9.17, 15) is 4.79 Å². The first-order chi connectivity index (χ1) is 9.98. The molecule has 1 heterocycles. The molecule has 0 aromatic rings. The quantitative estimate of drug-likeness (QED) is 0.815. The topological polar surface area (TPSA) is 41.1 Å². The zero-order valence-corrected chi connectivity index (χ0v) is 14.2. The summed E-state index contributed by atoms with van der Waals surface area (Å²) in [6.45, 7) is 8.39. The zero-order valence-electron chi connectivity index (χ0n) is 14.2. The summed E-state index contributed by atoms with van der Waals surface area (Å²) in [5.74, 6) is 2.62. The fourth-order valence-corrected chi connectivity index (χ4v) is 4.67. The van der Waals surface area contributed by atoms with Crippen LogP contribution in [0.15, 0.2) is 0 Å². The second-order valence-electron chi connectivity index (χ2n) is 7.92. The van der Waals surface area contributed by atoms with Gasteiger partial charge in [-0.3, -0.25) is 4.79 Å². The second kappa shape index (κ2) is 7.62. The van der Waals surface area contributed by atoms with Crippen LogP contribution in [-0.2, 0) is 4.79 Å². The van der Waals surface area contributed by atoms with Crippen molar-refractivity contribution < 1.29 is 4.79 Å².